The number of ether oxygens (including phenoxy) is 1. The molecule has 0 radical (unpaired) electrons. The molecular formula is C27H38N4O7S2. The highest BCUT2D eigenvalue weighted by molar-refractivity contribution is 7.92. The van der Waals surface area contributed by atoms with Crippen molar-refractivity contribution < 1.29 is 32.3 Å². The number of amides is 4. The fourth-order valence-electron chi connectivity index (χ4n) is 5.22. The van der Waals surface area contributed by atoms with Gasteiger partial charge in [0.25, 0.3) is 15.9 Å². The first kappa shape index (κ1) is 30.0. The van der Waals surface area contributed by atoms with Gasteiger partial charge in [0, 0.05) is 12.5 Å². The minimum absolute atomic E-state index is 0.00422. The number of allylic oxidation sites excluding steroid dienone is 1. The fraction of sp³-hybridized carbons (Fsp3) is 0.630. The van der Waals surface area contributed by atoms with Gasteiger partial charge in [-0.2, -0.15) is 0 Å². The van der Waals surface area contributed by atoms with E-state index in [1.165, 1.54) is 11.0 Å². The van der Waals surface area contributed by atoms with E-state index >= 15 is 0 Å². The average Bonchev–Trinajstić information content (AvgIpc) is 3.25. The molecule has 1 saturated carbocycles. The normalized spacial score (nSPS) is 28.7. The molecule has 3 aliphatic rings. The van der Waals surface area contributed by atoms with E-state index < -0.39 is 51.2 Å². The summed E-state index contributed by atoms with van der Waals surface area (Å²) >= 11 is 0.989. The Kier molecular flexibility index (Phi) is 8.93. The Hall–Kier alpha value is -2.93. The van der Waals surface area contributed by atoms with Crippen molar-refractivity contribution in [3.05, 3.63) is 29.7 Å². The van der Waals surface area contributed by atoms with Crippen LogP contribution in [0.1, 0.15) is 72.1 Å². The van der Waals surface area contributed by atoms with Gasteiger partial charge in [0.1, 0.15) is 27.4 Å². The first-order valence-corrected chi connectivity index (χ1v) is 16.1. The van der Waals surface area contributed by atoms with Crippen LogP contribution in [-0.2, 0) is 29.1 Å². The topological polar surface area (TPSA) is 151 Å². The number of rotatable bonds is 4. The number of hydrogen-bond acceptors (Lipinski definition) is 8. The molecule has 4 rings (SSSR count). The Morgan fingerprint density at radius 2 is 1.93 bits per heavy atom. The van der Waals surface area contributed by atoms with Crippen molar-refractivity contribution >= 4 is 45.2 Å². The molecule has 4 atom stereocenters. The molecule has 1 saturated heterocycles. The summed E-state index contributed by atoms with van der Waals surface area (Å²) in [7, 11) is -4.09. The van der Waals surface area contributed by atoms with Crippen LogP contribution in [0.5, 0.6) is 0 Å². The van der Waals surface area contributed by atoms with Crippen molar-refractivity contribution in [2.75, 3.05) is 6.54 Å². The van der Waals surface area contributed by atoms with Gasteiger partial charge in [-0.15, -0.1) is 11.3 Å². The predicted octanol–water partition coefficient (Wildman–Crippen LogP) is 2.83. The van der Waals surface area contributed by atoms with Crippen molar-refractivity contribution in [2.45, 2.75) is 99.6 Å². The van der Waals surface area contributed by atoms with E-state index in [2.05, 4.69) is 15.4 Å². The Labute approximate surface area is 239 Å². The summed E-state index contributed by atoms with van der Waals surface area (Å²) in [6.07, 6.45) is 7.82. The van der Waals surface area contributed by atoms with Crippen molar-refractivity contribution in [3.63, 3.8) is 0 Å². The second-order valence-electron chi connectivity index (χ2n) is 11.6. The van der Waals surface area contributed by atoms with Crippen molar-refractivity contribution in [1.82, 2.24) is 20.3 Å². The zero-order valence-corrected chi connectivity index (χ0v) is 24.7. The smallest absolute Gasteiger partial charge is 0.408 e. The van der Waals surface area contributed by atoms with Crippen LogP contribution in [0.25, 0.3) is 0 Å². The third kappa shape index (κ3) is 7.03. The molecule has 11 nitrogen and oxygen atoms in total. The quantitative estimate of drug-likeness (QED) is 0.454. The highest BCUT2D eigenvalue weighted by atomic mass is 32.2. The predicted molar refractivity (Wildman–Crippen MR) is 149 cm³/mol. The van der Waals surface area contributed by atoms with E-state index in [4.69, 9.17) is 4.74 Å². The highest BCUT2D eigenvalue weighted by Gasteiger charge is 2.61. The van der Waals surface area contributed by atoms with E-state index in [-0.39, 0.29) is 22.5 Å². The standard InChI is InChI=1S/C27H38N4O7S2/c1-26(2,3)38-25(35)28-19-12-8-6-4-5-7-11-18-17-27(18,24(34)30-40(36,37)21-14-10-16-39-21)29-22(32)20-13-9-15-31(20)23(19)33/h7,10-11,14,16,18-20H,4-6,8-9,12-13,15,17H2,1-3H3,(H,28,35)(H,29,32)(H,30,34)/b11-7-. The first-order valence-electron chi connectivity index (χ1n) is 13.7. The van der Waals surface area contributed by atoms with Crippen molar-refractivity contribution in [2.24, 2.45) is 5.92 Å². The lowest BCUT2D eigenvalue weighted by molar-refractivity contribution is -0.141. The molecule has 40 heavy (non-hydrogen) atoms. The highest BCUT2D eigenvalue weighted by Crippen LogP contribution is 2.46. The van der Waals surface area contributed by atoms with Gasteiger partial charge in [-0.05, 0) is 70.7 Å². The van der Waals surface area contributed by atoms with Crippen LogP contribution in [0.15, 0.2) is 33.9 Å². The SMILES string of the molecule is CC(C)(C)OC(=O)NC1CCCCC/C=C\C2CC2(C(=O)NS(=O)(=O)c2cccs2)NC(=O)C2CCCN2C1=O. The molecule has 2 fully saturated rings. The first-order chi connectivity index (χ1) is 18.8. The largest absolute Gasteiger partial charge is 0.444 e. The molecule has 1 aromatic heterocycles. The summed E-state index contributed by atoms with van der Waals surface area (Å²) in [5.74, 6) is -2.06. The number of thiophene rings is 1. The molecule has 0 bridgehead atoms. The number of nitrogens with one attached hydrogen (secondary N) is 3. The number of nitrogens with zero attached hydrogens (tertiary/aromatic N) is 1. The van der Waals surface area contributed by atoms with Gasteiger partial charge >= 0.3 is 6.09 Å². The van der Waals surface area contributed by atoms with Crippen LogP contribution in [0.4, 0.5) is 4.79 Å². The van der Waals surface area contributed by atoms with Gasteiger partial charge in [0.2, 0.25) is 11.8 Å². The summed E-state index contributed by atoms with van der Waals surface area (Å²) in [5.41, 5.74) is -2.16. The molecule has 0 spiro atoms. The van der Waals surface area contributed by atoms with E-state index in [9.17, 15) is 27.6 Å². The molecule has 4 unspecified atom stereocenters. The molecular weight excluding hydrogens is 556 g/mol. The van der Waals surface area contributed by atoms with E-state index in [1.807, 2.05) is 12.2 Å². The number of carbonyl (C=O) groups excluding carboxylic acids is 4. The van der Waals surface area contributed by atoms with E-state index in [1.54, 1.807) is 32.2 Å². The van der Waals surface area contributed by atoms with Gasteiger partial charge in [-0.1, -0.05) is 31.1 Å². The molecule has 3 N–H and O–H groups in total. The molecule has 0 aromatic carbocycles. The molecule has 220 valence electrons. The Bertz CT molecular complexity index is 1260. The lowest BCUT2D eigenvalue weighted by Gasteiger charge is -2.30. The fourth-order valence-corrected chi connectivity index (χ4v) is 7.25. The zero-order valence-electron chi connectivity index (χ0n) is 23.1. The van der Waals surface area contributed by atoms with Gasteiger partial charge in [-0.25, -0.2) is 17.9 Å². The summed E-state index contributed by atoms with van der Waals surface area (Å²) < 4.78 is 33.1. The van der Waals surface area contributed by atoms with Crippen LogP contribution < -0.4 is 15.4 Å². The van der Waals surface area contributed by atoms with Crippen molar-refractivity contribution in [1.29, 1.82) is 0 Å². The van der Waals surface area contributed by atoms with Crippen LogP contribution in [0, 0.1) is 5.92 Å². The average molecular weight is 595 g/mol. The second-order valence-corrected chi connectivity index (χ2v) is 14.4. The maximum Gasteiger partial charge on any atom is 0.408 e. The minimum atomic E-state index is -4.09. The minimum Gasteiger partial charge on any atom is -0.444 e. The molecule has 2 aliphatic heterocycles. The van der Waals surface area contributed by atoms with Crippen LogP contribution in [-0.4, -0.2) is 66.9 Å². The van der Waals surface area contributed by atoms with Gasteiger partial charge in [-0.3, -0.25) is 14.4 Å². The Morgan fingerprint density at radius 1 is 1.15 bits per heavy atom. The number of alkyl carbamates (subject to hydrolysis) is 1. The number of hydrogen-bond donors (Lipinski definition) is 3. The van der Waals surface area contributed by atoms with Crippen LogP contribution >= 0.6 is 11.3 Å². The molecule has 4 amide bonds. The molecule has 13 heteroatoms. The monoisotopic (exact) mass is 594 g/mol. The summed E-state index contributed by atoms with van der Waals surface area (Å²) in [5, 5.41) is 7.11. The third-order valence-electron chi connectivity index (χ3n) is 7.31. The molecule has 1 aromatic rings. The summed E-state index contributed by atoms with van der Waals surface area (Å²) in [4.78, 5) is 54.6. The maximum atomic E-state index is 13.6. The lowest BCUT2D eigenvalue weighted by atomic mass is 10.0. The van der Waals surface area contributed by atoms with Crippen LogP contribution in [0.2, 0.25) is 0 Å². The van der Waals surface area contributed by atoms with Gasteiger partial charge < -0.3 is 20.3 Å². The third-order valence-corrected chi connectivity index (χ3v) is 10.0. The van der Waals surface area contributed by atoms with Gasteiger partial charge in [0.15, 0.2) is 0 Å². The van der Waals surface area contributed by atoms with Crippen molar-refractivity contribution in [3.8, 4) is 0 Å². The Morgan fingerprint density at radius 3 is 2.62 bits per heavy atom. The van der Waals surface area contributed by atoms with Gasteiger partial charge in [0.05, 0.1) is 0 Å². The van der Waals surface area contributed by atoms with E-state index in [0.29, 0.717) is 32.2 Å². The summed E-state index contributed by atoms with van der Waals surface area (Å²) in [6, 6.07) is 1.28. The Balaban J connectivity index is 1.55. The molecule has 3 heterocycles. The number of carbonyl (C=O) groups is 4. The number of fused-ring (bicyclic) bond motifs is 2. The lowest BCUT2D eigenvalue weighted by Crippen LogP contribution is -2.58. The summed E-state index contributed by atoms with van der Waals surface area (Å²) in [6.45, 7) is 5.55. The van der Waals surface area contributed by atoms with Crippen LogP contribution in [0.3, 0.4) is 0 Å². The number of sulfonamides is 1. The van der Waals surface area contributed by atoms with E-state index in [0.717, 1.165) is 30.6 Å². The maximum absolute atomic E-state index is 13.6. The zero-order chi connectivity index (χ0) is 29.1. The second kappa shape index (κ2) is 11.9. The molecule has 1 aliphatic carbocycles.